The second-order valence-electron chi connectivity index (χ2n) is 6.63. The van der Waals surface area contributed by atoms with Gasteiger partial charge in [0.1, 0.15) is 6.61 Å². The molecule has 0 aromatic heterocycles. The number of nitrogens with one attached hydrogen (secondary N) is 1. The summed E-state index contributed by atoms with van der Waals surface area (Å²) in [5.74, 6) is 1.27. The van der Waals surface area contributed by atoms with Crippen molar-refractivity contribution in [2.45, 2.75) is 33.0 Å². The molecule has 154 valence electrons. The van der Waals surface area contributed by atoms with E-state index < -0.39 is 0 Å². The molecule has 0 saturated heterocycles. The van der Waals surface area contributed by atoms with Crippen molar-refractivity contribution in [2.24, 2.45) is 0 Å². The molecule has 1 N–H and O–H groups in total. The molecular formula is C24H27Cl2NO2. The van der Waals surface area contributed by atoms with Gasteiger partial charge in [0.2, 0.25) is 0 Å². The number of halogens is 2. The van der Waals surface area contributed by atoms with Crippen LogP contribution in [0.1, 0.15) is 36.6 Å². The second-order valence-corrected chi connectivity index (χ2v) is 7.03. The summed E-state index contributed by atoms with van der Waals surface area (Å²) in [6.07, 6.45) is 0. The van der Waals surface area contributed by atoms with E-state index in [2.05, 4.69) is 36.5 Å². The zero-order chi connectivity index (χ0) is 19.8. The predicted molar refractivity (Wildman–Crippen MR) is 122 cm³/mol. The molecule has 3 aromatic rings. The molecule has 0 saturated carbocycles. The summed E-state index contributed by atoms with van der Waals surface area (Å²) in [6.45, 7) is 5.79. The van der Waals surface area contributed by atoms with Gasteiger partial charge >= 0.3 is 0 Å². The average Bonchev–Trinajstić information content (AvgIpc) is 2.73. The molecule has 1 unspecified atom stereocenters. The van der Waals surface area contributed by atoms with Crippen LogP contribution in [-0.4, -0.2) is 6.61 Å². The van der Waals surface area contributed by atoms with Gasteiger partial charge in [-0.15, -0.1) is 12.4 Å². The molecule has 3 nitrogen and oxygen atoms in total. The number of benzene rings is 3. The molecule has 0 spiro atoms. The minimum absolute atomic E-state index is 0. The summed E-state index contributed by atoms with van der Waals surface area (Å²) in [6, 6.07) is 24.6. The number of ether oxygens (including phenoxy) is 2. The molecule has 1 atom stereocenters. The van der Waals surface area contributed by atoms with Gasteiger partial charge in [0, 0.05) is 12.6 Å². The molecule has 0 heterocycles. The Bertz CT molecular complexity index is 873. The Morgan fingerprint density at radius 1 is 0.897 bits per heavy atom. The van der Waals surface area contributed by atoms with Crippen molar-refractivity contribution in [3.63, 3.8) is 0 Å². The topological polar surface area (TPSA) is 30.5 Å². The quantitative estimate of drug-likeness (QED) is 0.414. The van der Waals surface area contributed by atoms with Crippen molar-refractivity contribution in [3.05, 3.63) is 94.5 Å². The van der Waals surface area contributed by atoms with Crippen LogP contribution >= 0.6 is 24.0 Å². The van der Waals surface area contributed by atoms with E-state index >= 15 is 0 Å². The third-order valence-electron chi connectivity index (χ3n) is 4.51. The Kier molecular flexibility index (Phi) is 9.33. The van der Waals surface area contributed by atoms with Gasteiger partial charge in [0.05, 0.1) is 11.6 Å². The van der Waals surface area contributed by atoms with Gasteiger partial charge < -0.3 is 14.8 Å². The van der Waals surface area contributed by atoms with Gasteiger partial charge in [-0.3, -0.25) is 0 Å². The van der Waals surface area contributed by atoms with E-state index in [0.29, 0.717) is 36.3 Å². The van der Waals surface area contributed by atoms with Gasteiger partial charge in [-0.05, 0) is 42.7 Å². The van der Waals surface area contributed by atoms with Crippen LogP contribution in [0.4, 0.5) is 0 Å². The van der Waals surface area contributed by atoms with Crippen LogP contribution in [0.3, 0.4) is 0 Å². The third-order valence-corrected chi connectivity index (χ3v) is 4.79. The monoisotopic (exact) mass is 431 g/mol. The molecule has 0 amide bonds. The van der Waals surface area contributed by atoms with Crippen LogP contribution < -0.4 is 14.8 Å². The maximum atomic E-state index is 6.54. The average molecular weight is 432 g/mol. The highest BCUT2D eigenvalue weighted by molar-refractivity contribution is 6.32. The number of rotatable bonds is 9. The summed E-state index contributed by atoms with van der Waals surface area (Å²) < 4.78 is 11.8. The Morgan fingerprint density at radius 2 is 1.55 bits per heavy atom. The lowest BCUT2D eigenvalue weighted by Crippen LogP contribution is -2.18. The van der Waals surface area contributed by atoms with Gasteiger partial charge in [0.25, 0.3) is 0 Å². The molecule has 0 aliphatic carbocycles. The van der Waals surface area contributed by atoms with Crippen LogP contribution in [-0.2, 0) is 13.2 Å². The summed E-state index contributed by atoms with van der Waals surface area (Å²) >= 11 is 6.54. The normalized spacial score (nSPS) is 11.4. The predicted octanol–water partition coefficient (Wildman–Crippen LogP) is 6.59. The van der Waals surface area contributed by atoms with Crippen molar-refractivity contribution in [3.8, 4) is 11.5 Å². The van der Waals surface area contributed by atoms with E-state index in [0.717, 1.165) is 11.1 Å². The smallest absolute Gasteiger partial charge is 0.180 e. The summed E-state index contributed by atoms with van der Waals surface area (Å²) in [7, 11) is 0. The Morgan fingerprint density at radius 3 is 2.21 bits per heavy atom. The van der Waals surface area contributed by atoms with Crippen LogP contribution in [0.15, 0.2) is 72.8 Å². The Balaban J connectivity index is 0.00000300. The zero-order valence-corrected chi connectivity index (χ0v) is 18.3. The first kappa shape index (κ1) is 23.1. The molecule has 0 fully saturated rings. The minimum atomic E-state index is 0. The van der Waals surface area contributed by atoms with E-state index in [9.17, 15) is 0 Å². The fourth-order valence-corrected chi connectivity index (χ4v) is 3.27. The fraction of sp³-hybridized carbons (Fsp3) is 0.250. The van der Waals surface area contributed by atoms with Crippen LogP contribution in [0.2, 0.25) is 5.02 Å². The fourth-order valence-electron chi connectivity index (χ4n) is 2.99. The first-order valence-electron chi connectivity index (χ1n) is 9.57. The van der Waals surface area contributed by atoms with E-state index in [1.165, 1.54) is 5.56 Å². The van der Waals surface area contributed by atoms with Crippen LogP contribution in [0.25, 0.3) is 0 Å². The molecule has 0 aliphatic rings. The minimum Gasteiger partial charge on any atom is -0.490 e. The van der Waals surface area contributed by atoms with Crippen molar-refractivity contribution in [2.75, 3.05) is 6.61 Å². The van der Waals surface area contributed by atoms with Crippen molar-refractivity contribution in [1.82, 2.24) is 5.32 Å². The standard InChI is InChI=1S/C24H26ClNO2.ClH/c1-3-27-23-15-20(16-26-18(2)21-12-8-5-9-13-21)14-22(25)24(23)28-17-19-10-6-4-7-11-19;/h4-15,18,26H,3,16-17H2,1-2H3;1H. The first-order chi connectivity index (χ1) is 13.7. The summed E-state index contributed by atoms with van der Waals surface area (Å²) in [5, 5.41) is 4.10. The highest BCUT2D eigenvalue weighted by Crippen LogP contribution is 2.37. The van der Waals surface area contributed by atoms with Gasteiger partial charge in [0.15, 0.2) is 11.5 Å². The highest BCUT2D eigenvalue weighted by Gasteiger charge is 2.14. The van der Waals surface area contributed by atoms with E-state index in [1.54, 1.807) is 0 Å². The largest absolute Gasteiger partial charge is 0.490 e. The highest BCUT2D eigenvalue weighted by atomic mass is 35.5. The maximum absolute atomic E-state index is 6.54. The third kappa shape index (κ3) is 6.67. The second kappa shape index (κ2) is 11.7. The molecule has 0 bridgehead atoms. The molecule has 29 heavy (non-hydrogen) atoms. The molecular weight excluding hydrogens is 405 g/mol. The lowest BCUT2D eigenvalue weighted by Gasteiger charge is -2.17. The summed E-state index contributed by atoms with van der Waals surface area (Å²) in [4.78, 5) is 0. The summed E-state index contributed by atoms with van der Waals surface area (Å²) in [5.41, 5.74) is 3.40. The Hall–Kier alpha value is -2.20. The van der Waals surface area contributed by atoms with E-state index in [4.69, 9.17) is 21.1 Å². The SMILES string of the molecule is CCOc1cc(CNC(C)c2ccccc2)cc(Cl)c1OCc1ccccc1.Cl. The lowest BCUT2D eigenvalue weighted by atomic mass is 10.1. The van der Waals surface area contributed by atoms with Gasteiger partial charge in [-0.25, -0.2) is 0 Å². The van der Waals surface area contributed by atoms with Crippen molar-refractivity contribution < 1.29 is 9.47 Å². The molecule has 5 heteroatoms. The molecule has 0 aliphatic heterocycles. The number of hydrogen-bond donors (Lipinski definition) is 1. The molecule has 3 aromatic carbocycles. The van der Waals surface area contributed by atoms with Gasteiger partial charge in [-0.2, -0.15) is 0 Å². The van der Waals surface area contributed by atoms with Gasteiger partial charge in [-0.1, -0.05) is 72.3 Å². The van der Waals surface area contributed by atoms with Crippen LogP contribution in [0, 0.1) is 0 Å². The van der Waals surface area contributed by atoms with E-state index in [-0.39, 0.29) is 18.4 Å². The lowest BCUT2D eigenvalue weighted by molar-refractivity contribution is 0.269. The molecule has 3 rings (SSSR count). The first-order valence-corrected chi connectivity index (χ1v) is 9.95. The number of hydrogen-bond acceptors (Lipinski definition) is 3. The maximum Gasteiger partial charge on any atom is 0.180 e. The van der Waals surface area contributed by atoms with E-state index in [1.807, 2.05) is 55.5 Å². The van der Waals surface area contributed by atoms with Crippen molar-refractivity contribution >= 4 is 24.0 Å². The zero-order valence-electron chi connectivity index (χ0n) is 16.7. The van der Waals surface area contributed by atoms with Crippen LogP contribution in [0.5, 0.6) is 11.5 Å². The van der Waals surface area contributed by atoms with Crippen molar-refractivity contribution in [1.29, 1.82) is 0 Å². The Labute approximate surface area is 184 Å². The molecule has 0 radical (unpaired) electrons.